The molecule has 0 atom stereocenters. The first-order valence-electron chi connectivity index (χ1n) is 6.23. The van der Waals surface area contributed by atoms with Crippen LogP contribution in [-0.2, 0) is 11.3 Å². The Morgan fingerprint density at radius 3 is 2.80 bits per heavy atom. The van der Waals surface area contributed by atoms with Crippen LogP contribution in [0.5, 0.6) is 0 Å². The van der Waals surface area contributed by atoms with E-state index in [1.807, 2.05) is 32.9 Å². The average Bonchev–Trinajstić information content (AvgIpc) is 2.83. The Morgan fingerprint density at radius 1 is 1.40 bits per heavy atom. The number of nitrogens with zero attached hydrogens (tertiary/aromatic N) is 2. The molecule has 0 radical (unpaired) electrons. The van der Waals surface area contributed by atoms with Crippen molar-refractivity contribution < 1.29 is 9.32 Å². The summed E-state index contributed by atoms with van der Waals surface area (Å²) in [5, 5.41) is 7.20. The zero-order valence-corrected chi connectivity index (χ0v) is 12.4. The lowest BCUT2D eigenvalue weighted by Crippen LogP contribution is -2.34. The van der Waals surface area contributed by atoms with Crippen molar-refractivity contribution in [1.29, 1.82) is 0 Å². The number of benzene rings is 1. The normalized spacial score (nSPS) is 11.4. The van der Waals surface area contributed by atoms with Gasteiger partial charge in [-0.25, -0.2) is 0 Å². The minimum Gasteiger partial charge on any atom is -0.348 e. The fraction of sp³-hybridized carbons (Fsp3) is 0.357. The van der Waals surface area contributed by atoms with Gasteiger partial charge in [-0.3, -0.25) is 4.79 Å². The molecule has 0 aliphatic heterocycles. The number of rotatable bonds is 3. The number of aromatic nitrogens is 2. The Balaban J connectivity index is 2.05. The van der Waals surface area contributed by atoms with Gasteiger partial charge >= 0.3 is 0 Å². The molecule has 0 unspecified atom stereocenters. The summed E-state index contributed by atoms with van der Waals surface area (Å²) in [6, 6.07) is 7.15. The average molecular weight is 294 g/mol. The molecule has 0 saturated heterocycles. The van der Waals surface area contributed by atoms with Crippen LogP contribution >= 0.6 is 11.6 Å². The van der Waals surface area contributed by atoms with E-state index in [1.54, 1.807) is 12.1 Å². The molecule has 0 bridgehead atoms. The second kappa shape index (κ2) is 5.63. The van der Waals surface area contributed by atoms with Gasteiger partial charge < -0.3 is 9.84 Å². The van der Waals surface area contributed by atoms with Gasteiger partial charge in [-0.2, -0.15) is 4.98 Å². The highest BCUT2D eigenvalue weighted by Gasteiger charge is 2.21. The first kappa shape index (κ1) is 14.5. The second-order valence-corrected chi connectivity index (χ2v) is 5.90. The lowest BCUT2D eigenvalue weighted by Gasteiger charge is -2.16. The Bertz CT molecular complexity index is 617. The minimum absolute atomic E-state index is 0.0633. The van der Waals surface area contributed by atoms with E-state index in [0.717, 1.165) is 5.56 Å². The van der Waals surface area contributed by atoms with Gasteiger partial charge in [0, 0.05) is 16.0 Å². The quantitative estimate of drug-likeness (QED) is 0.944. The van der Waals surface area contributed by atoms with Crippen molar-refractivity contribution in [1.82, 2.24) is 15.5 Å². The topological polar surface area (TPSA) is 68.0 Å². The van der Waals surface area contributed by atoms with Crippen LogP contribution in [0.15, 0.2) is 28.8 Å². The number of nitrogens with one attached hydrogen (secondary N) is 1. The van der Waals surface area contributed by atoms with Gasteiger partial charge in [0.05, 0.1) is 6.54 Å². The molecule has 1 amide bonds. The maximum Gasteiger partial charge on any atom is 0.258 e. The van der Waals surface area contributed by atoms with Crippen molar-refractivity contribution in [3.8, 4) is 11.5 Å². The van der Waals surface area contributed by atoms with Crippen LogP contribution in [-0.4, -0.2) is 16.0 Å². The Labute approximate surface area is 122 Å². The molecule has 20 heavy (non-hydrogen) atoms. The first-order chi connectivity index (χ1) is 9.36. The lowest BCUT2D eigenvalue weighted by molar-refractivity contribution is -0.128. The molecule has 6 heteroatoms. The molecule has 1 aromatic carbocycles. The molecule has 5 nitrogen and oxygen atoms in total. The predicted octanol–water partition coefficient (Wildman–Crippen LogP) is 3.05. The van der Waals surface area contributed by atoms with Crippen LogP contribution in [0.4, 0.5) is 0 Å². The first-order valence-corrected chi connectivity index (χ1v) is 6.61. The Morgan fingerprint density at radius 2 is 2.15 bits per heavy atom. The highest BCUT2D eigenvalue weighted by atomic mass is 35.5. The largest absolute Gasteiger partial charge is 0.348 e. The van der Waals surface area contributed by atoms with E-state index < -0.39 is 5.41 Å². The van der Waals surface area contributed by atoms with E-state index in [-0.39, 0.29) is 12.5 Å². The van der Waals surface area contributed by atoms with Crippen LogP contribution in [0.2, 0.25) is 5.02 Å². The number of carbonyl (C=O) groups excluding carboxylic acids is 1. The van der Waals surface area contributed by atoms with E-state index in [2.05, 4.69) is 15.5 Å². The summed E-state index contributed by atoms with van der Waals surface area (Å²) in [4.78, 5) is 16.0. The number of amides is 1. The molecule has 106 valence electrons. The van der Waals surface area contributed by atoms with Crippen LogP contribution in [0.1, 0.15) is 26.6 Å². The summed E-state index contributed by atoms with van der Waals surface area (Å²) in [6.45, 7) is 5.77. The van der Waals surface area contributed by atoms with E-state index in [9.17, 15) is 4.79 Å². The minimum atomic E-state index is -0.445. The van der Waals surface area contributed by atoms with Gasteiger partial charge in [0.1, 0.15) is 0 Å². The number of carbonyl (C=O) groups is 1. The molecular formula is C14H16ClN3O2. The fourth-order valence-corrected chi connectivity index (χ4v) is 1.68. The molecule has 0 spiro atoms. The molecule has 2 rings (SSSR count). The monoisotopic (exact) mass is 293 g/mol. The SMILES string of the molecule is CC(C)(C)C(=O)NCc1noc(-c2cccc(Cl)c2)n1. The maximum atomic E-state index is 11.7. The molecule has 0 fully saturated rings. The summed E-state index contributed by atoms with van der Waals surface area (Å²) in [5.74, 6) is 0.747. The molecule has 2 aromatic rings. The van der Waals surface area contributed by atoms with E-state index >= 15 is 0 Å². The van der Waals surface area contributed by atoms with Gasteiger partial charge in [0.25, 0.3) is 5.89 Å². The highest BCUT2D eigenvalue weighted by Crippen LogP contribution is 2.21. The predicted molar refractivity (Wildman–Crippen MR) is 76.0 cm³/mol. The zero-order valence-electron chi connectivity index (χ0n) is 11.6. The van der Waals surface area contributed by atoms with Crippen LogP contribution in [0.25, 0.3) is 11.5 Å². The van der Waals surface area contributed by atoms with E-state index in [4.69, 9.17) is 16.1 Å². The fourth-order valence-electron chi connectivity index (χ4n) is 1.49. The zero-order chi connectivity index (χ0) is 14.8. The van der Waals surface area contributed by atoms with Gasteiger partial charge in [0.15, 0.2) is 5.82 Å². The van der Waals surface area contributed by atoms with Crippen LogP contribution in [0, 0.1) is 5.41 Å². The maximum absolute atomic E-state index is 11.7. The van der Waals surface area contributed by atoms with Crippen molar-refractivity contribution in [2.75, 3.05) is 0 Å². The summed E-state index contributed by atoms with van der Waals surface area (Å²) >= 11 is 5.91. The number of halogens is 1. The molecule has 1 heterocycles. The summed E-state index contributed by atoms with van der Waals surface area (Å²) < 4.78 is 5.15. The third kappa shape index (κ3) is 3.57. The van der Waals surface area contributed by atoms with Gasteiger partial charge in [-0.05, 0) is 18.2 Å². The van der Waals surface area contributed by atoms with Gasteiger partial charge in [0.2, 0.25) is 5.91 Å². The molecular weight excluding hydrogens is 278 g/mol. The molecule has 0 aliphatic carbocycles. The lowest BCUT2D eigenvalue weighted by atomic mass is 9.96. The van der Waals surface area contributed by atoms with Crippen molar-refractivity contribution in [2.45, 2.75) is 27.3 Å². The summed E-state index contributed by atoms with van der Waals surface area (Å²) in [7, 11) is 0. The van der Waals surface area contributed by atoms with E-state index in [1.165, 1.54) is 0 Å². The molecule has 0 aliphatic rings. The van der Waals surface area contributed by atoms with Crippen LogP contribution < -0.4 is 5.32 Å². The summed E-state index contributed by atoms with van der Waals surface area (Å²) in [5.41, 5.74) is 0.304. The smallest absolute Gasteiger partial charge is 0.258 e. The van der Waals surface area contributed by atoms with Gasteiger partial charge in [-0.15, -0.1) is 0 Å². The van der Waals surface area contributed by atoms with Crippen LogP contribution in [0.3, 0.4) is 0 Å². The highest BCUT2D eigenvalue weighted by molar-refractivity contribution is 6.30. The standard InChI is InChI=1S/C14H16ClN3O2/c1-14(2,3)13(19)16-8-11-17-12(20-18-11)9-5-4-6-10(15)7-9/h4-7H,8H2,1-3H3,(H,16,19). The molecule has 1 N–H and O–H groups in total. The van der Waals surface area contributed by atoms with Crippen molar-refractivity contribution in [3.05, 3.63) is 35.1 Å². The van der Waals surface area contributed by atoms with E-state index in [0.29, 0.717) is 16.7 Å². The third-order valence-corrected chi connectivity index (χ3v) is 2.86. The van der Waals surface area contributed by atoms with Crippen molar-refractivity contribution in [2.24, 2.45) is 5.41 Å². The van der Waals surface area contributed by atoms with Crippen molar-refractivity contribution >= 4 is 17.5 Å². The number of hydrogen-bond donors (Lipinski definition) is 1. The molecule has 1 aromatic heterocycles. The van der Waals surface area contributed by atoms with Gasteiger partial charge in [-0.1, -0.05) is 43.6 Å². The third-order valence-electron chi connectivity index (χ3n) is 2.63. The van der Waals surface area contributed by atoms with Crippen molar-refractivity contribution in [3.63, 3.8) is 0 Å². The Hall–Kier alpha value is -1.88. The molecule has 0 saturated carbocycles. The second-order valence-electron chi connectivity index (χ2n) is 5.46. The summed E-state index contributed by atoms with van der Waals surface area (Å²) in [6.07, 6.45) is 0. The number of hydrogen-bond acceptors (Lipinski definition) is 4. The Kier molecular flexibility index (Phi) is 4.09.